The lowest BCUT2D eigenvalue weighted by Crippen LogP contribution is -2.34. The van der Waals surface area contributed by atoms with Gasteiger partial charge in [0.2, 0.25) is 4.96 Å². The third-order valence-electron chi connectivity index (χ3n) is 4.01. The number of nitrogens with one attached hydrogen (secondary N) is 1. The highest BCUT2D eigenvalue weighted by Gasteiger charge is 2.24. The molecule has 21 heavy (non-hydrogen) atoms. The highest BCUT2D eigenvalue weighted by Crippen LogP contribution is 2.31. The van der Waals surface area contributed by atoms with E-state index >= 15 is 0 Å². The standard InChI is InChI=1S/C15H17N5S/c1-10-9-12(7-8-16-10)14-19-20-13(17-18-15(20)21-14)11-5-3-2-4-6-11/h2-6,10,12,16H,7-9H2,1H3. The molecule has 4 rings (SSSR count). The Morgan fingerprint density at radius 1 is 1.24 bits per heavy atom. The molecule has 1 N–H and O–H groups in total. The van der Waals surface area contributed by atoms with E-state index < -0.39 is 0 Å². The summed E-state index contributed by atoms with van der Waals surface area (Å²) in [5.74, 6) is 1.37. The molecule has 0 amide bonds. The number of rotatable bonds is 2. The van der Waals surface area contributed by atoms with Crippen LogP contribution in [0.5, 0.6) is 0 Å². The summed E-state index contributed by atoms with van der Waals surface area (Å²) in [5.41, 5.74) is 1.06. The molecule has 0 aliphatic carbocycles. The van der Waals surface area contributed by atoms with Gasteiger partial charge < -0.3 is 5.32 Å². The smallest absolute Gasteiger partial charge is 0.234 e. The fourth-order valence-electron chi connectivity index (χ4n) is 2.92. The van der Waals surface area contributed by atoms with Crippen molar-refractivity contribution in [2.24, 2.45) is 0 Å². The molecular formula is C15H17N5S. The van der Waals surface area contributed by atoms with Crippen LogP contribution in [0, 0.1) is 0 Å². The van der Waals surface area contributed by atoms with Crippen molar-refractivity contribution in [1.29, 1.82) is 0 Å². The van der Waals surface area contributed by atoms with Crippen LogP contribution in [-0.4, -0.2) is 32.4 Å². The number of fused-ring (bicyclic) bond motifs is 1. The molecule has 1 fully saturated rings. The number of aromatic nitrogens is 4. The average molecular weight is 299 g/mol. The van der Waals surface area contributed by atoms with Crippen LogP contribution >= 0.6 is 11.3 Å². The highest BCUT2D eigenvalue weighted by molar-refractivity contribution is 7.16. The maximum atomic E-state index is 4.79. The lowest BCUT2D eigenvalue weighted by Gasteiger charge is -2.26. The van der Waals surface area contributed by atoms with Crippen LogP contribution < -0.4 is 5.32 Å². The lowest BCUT2D eigenvalue weighted by atomic mass is 9.94. The fourth-order valence-corrected chi connectivity index (χ4v) is 3.91. The van der Waals surface area contributed by atoms with E-state index in [2.05, 4.69) is 22.4 Å². The molecule has 2 atom stereocenters. The molecule has 6 heteroatoms. The second kappa shape index (κ2) is 5.20. The van der Waals surface area contributed by atoms with Gasteiger partial charge >= 0.3 is 0 Å². The van der Waals surface area contributed by atoms with E-state index in [1.807, 2.05) is 34.8 Å². The predicted octanol–water partition coefficient (Wildman–Crippen LogP) is 2.71. The Labute approximate surface area is 127 Å². The van der Waals surface area contributed by atoms with Crippen molar-refractivity contribution in [3.63, 3.8) is 0 Å². The number of benzene rings is 1. The van der Waals surface area contributed by atoms with Gasteiger partial charge in [0.1, 0.15) is 5.01 Å². The van der Waals surface area contributed by atoms with E-state index in [0.29, 0.717) is 12.0 Å². The van der Waals surface area contributed by atoms with E-state index in [0.717, 1.165) is 35.7 Å². The predicted molar refractivity (Wildman–Crippen MR) is 83.5 cm³/mol. The van der Waals surface area contributed by atoms with Crippen LogP contribution in [0.3, 0.4) is 0 Å². The Hall–Kier alpha value is -1.79. The molecule has 108 valence electrons. The van der Waals surface area contributed by atoms with E-state index in [4.69, 9.17) is 5.10 Å². The van der Waals surface area contributed by atoms with E-state index in [9.17, 15) is 0 Å². The van der Waals surface area contributed by atoms with Crippen molar-refractivity contribution in [3.8, 4) is 11.4 Å². The minimum absolute atomic E-state index is 0.538. The minimum atomic E-state index is 0.538. The number of hydrogen-bond donors (Lipinski definition) is 1. The van der Waals surface area contributed by atoms with Crippen molar-refractivity contribution in [2.45, 2.75) is 31.7 Å². The van der Waals surface area contributed by atoms with Gasteiger partial charge in [-0.3, -0.25) is 0 Å². The third-order valence-corrected chi connectivity index (χ3v) is 5.07. The number of hydrogen-bond acceptors (Lipinski definition) is 5. The third kappa shape index (κ3) is 2.34. The Morgan fingerprint density at radius 3 is 2.90 bits per heavy atom. The van der Waals surface area contributed by atoms with Crippen molar-refractivity contribution in [2.75, 3.05) is 6.54 Å². The van der Waals surface area contributed by atoms with Crippen LogP contribution in [0.15, 0.2) is 30.3 Å². The summed E-state index contributed by atoms with van der Waals surface area (Å²) < 4.78 is 1.89. The fraction of sp³-hybridized carbons (Fsp3) is 0.400. The molecule has 3 aromatic rings. The molecule has 0 spiro atoms. The summed E-state index contributed by atoms with van der Waals surface area (Å²) >= 11 is 1.67. The first-order valence-corrected chi connectivity index (χ1v) is 8.14. The summed E-state index contributed by atoms with van der Waals surface area (Å²) in [6.45, 7) is 3.30. The minimum Gasteiger partial charge on any atom is -0.314 e. The Kier molecular flexibility index (Phi) is 3.20. The molecule has 0 bridgehead atoms. The molecular weight excluding hydrogens is 282 g/mol. The maximum Gasteiger partial charge on any atom is 0.234 e. The first kappa shape index (κ1) is 12.9. The first-order valence-electron chi connectivity index (χ1n) is 7.32. The van der Waals surface area contributed by atoms with Gasteiger partial charge in [-0.1, -0.05) is 41.7 Å². The second-order valence-electron chi connectivity index (χ2n) is 5.60. The van der Waals surface area contributed by atoms with E-state index in [-0.39, 0.29) is 0 Å². The van der Waals surface area contributed by atoms with Gasteiger partial charge in [-0.05, 0) is 26.3 Å². The van der Waals surface area contributed by atoms with Crippen LogP contribution in [0.25, 0.3) is 16.3 Å². The van der Waals surface area contributed by atoms with E-state index in [1.165, 1.54) is 5.01 Å². The Balaban J connectivity index is 1.72. The number of nitrogens with zero attached hydrogens (tertiary/aromatic N) is 4. The average Bonchev–Trinajstić information content (AvgIpc) is 3.08. The zero-order valence-electron chi connectivity index (χ0n) is 11.9. The molecule has 0 radical (unpaired) electrons. The lowest BCUT2D eigenvalue weighted by molar-refractivity contribution is 0.379. The molecule has 3 heterocycles. The molecule has 2 aromatic heterocycles. The summed E-state index contributed by atoms with van der Waals surface area (Å²) in [4.78, 5) is 0.884. The van der Waals surface area contributed by atoms with E-state index in [1.54, 1.807) is 11.3 Å². The van der Waals surface area contributed by atoms with Gasteiger partial charge in [0, 0.05) is 17.5 Å². The van der Waals surface area contributed by atoms with Gasteiger partial charge in [0.05, 0.1) is 0 Å². The van der Waals surface area contributed by atoms with Gasteiger partial charge in [0.15, 0.2) is 5.82 Å². The molecule has 1 aromatic carbocycles. The second-order valence-corrected chi connectivity index (χ2v) is 6.59. The summed E-state index contributed by atoms with van der Waals surface area (Å²) in [6, 6.07) is 10.7. The van der Waals surface area contributed by atoms with Crippen LogP contribution in [0.2, 0.25) is 0 Å². The molecule has 0 saturated carbocycles. The SMILES string of the molecule is CC1CC(c2nn3c(-c4ccccc4)nnc3s2)CCN1. The van der Waals surface area contributed by atoms with Crippen LogP contribution in [0.4, 0.5) is 0 Å². The first-order chi connectivity index (χ1) is 10.3. The van der Waals surface area contributed by atoms with Gasteiger partial charge in [-0.15, -0.1) is 10.2 Å². The quantitative estimate of drug-likeness (QED) is 0.790. The topological polar surface area (TPSA) is 55.1 Å². The summed E-state index contributed by atoms with van der Waals surface area (Å²) in [6.07, 6.45) is 2.29. The van der Waals surface area contributed by atoms with Crippen molar-refractivity contribution < 1.29 is 0 Å². The van der Waals surface area contributed by atoms with Crippen LogP contribution in [-0.2, 0) is 0 Å². The highest BCUT2D eigenvalue weighted by atomic mass is 32.1. The Bertz CT molecular complexity index is 748. The summed E-state index contributed by atoms with van der Waals surface area (Å²) in [5, 5.41) is 18.0. The summed E-state index contributed by atoms with van der Waals surface area (Å²) in [7, 11) is 0. The zero-order chi connectivity index (χ0) is 14.2. The van der Waals surface area contributed by atoms with Crippen molar-refractivity contribution in [1.82, 2.24) is 25.1 Å². The molecule has 2 unspecified atom stereocenters. The van der Waals surface area contributed by atoms with Crippen LogP contribution in [0.1, 0.15) is 30.7 Å². The zero-order valence-corrected chi connectivity index (χ0v) is 12.7. The Morgan fingerprint density at radius 2 is 2.10 bits per heavy atom. The normalized spacial score (nSPS) is 22.7. The van der Waals surface area contributed by atoms with Gasteiger partial charge in [0.25, 0.3) is 0 Å². The maximum absolute atomic E-state index is 4.79. The van der Waals surface area contributed by atoms with Crippen molar-refractivity contribution in [3.05, 3.63) is 35.3 Å². The molecule has 5 nitrogen and oxygen atoms in total. The van der Waals surface area contributed by atoms with Gasteiger partial charge in [-0.25, -0.2) is 0 Å². The molecule has 1 aliphatic rings. The number of piperidine rings is 1. The molecule has 1 saturated heterocycles. The monoisotopic (exact) mass is 299 g/mol. The largest absolute Gasteiger partial charge is 0.314 e. The molecule has 1 aliphatic heterocycles. The van der Waals surface area contributed by atoms with Crippen molar-refractivity contribution >= 4 is 16.3 Å². The van der Waals surface area contributed by atoms with Gasteiger partial charge in [-0.2, -0.15) is 9.61 Å².